The number of fused-ring (bicyclic) bond motifs is 1. The number of hydrogen-bond acceptors (Lipinski definition) is 2. The van der Waals surface area contributed by atoms with Crippen LogP contribution < -0.4 is 4.90 Å². The summed E-state index contributed by atoms with van der Waals surface area (Å²) in [5.41, 5.74) is 0.322. The van der Waals surface area contributed by atoms with E-state index in [0.717, 1.165) is 17.7 Å². The van der Waals surface area contributed by atoms with Crippen molar-refractivity contribution in [2.45, 2.75) is 32.2 Å². The van der Waals surface area contributed by atoms with Crippen LogP contribution in [0.3, 0.4) is 0 Å². The predicted octanol–water partition coefficient (Wildman–Crippen LogP) is 2.78. The van der Waals surface area contributed by atoms with Crippen LogP contribution in [-0.4, -0.2) is 29.4 Å². The molecule has 106 valence electrons. The van der Waals surface area contributed by atoms with Crippen molar-refractivity contribution in [3.05, 3.63) is 30.1 Å². The third-order valence-corrected chi connectivity index (χ3v) is 4.30. The Kier molecular flexibility index (Phi) is 3.20. The van der Waals surface area contributed by atoms with Crippen LogP contribution in [0.1, 0.15) is 26.2 Å². The van der Waals surface area contributed by atoms with Crippen molar-refractivity contribution >= 4 is 17.6 Å². The van der Waals surface area contributed by atoms with Gasteiger partial charge in [0.1, 0.15) is 11.9 Å². The second-order valence-corrected chi connectivity index (χ2v) is 5.44. The molecule has 5 heteroatoms. The first kappa shape index (κ1) is 13.1. The van der Waals surface area contributed by atoms with Gasteiger partial charge in [-0.1, -0.05) is 19.4 Å². The summed E-state index contributed by atoms with van der Waals surface area (Å²) in [7, 11) is 0. The molecular formula is C15H17FN2O2. The molecule has 1 aromatic rings. The van der Waals surface area contributed by atoms with E-state index in [2.05, 4.69) is 6.92 Å². The molecule has 2 heterocycles. The zero-order chi connectivity index (χ0) is 14.3. The van der Waals surface area contributed by atoms with Gasteiger partial charge in [-0.05, 0) is 37.0 Å². The van der Waals surface area contributed by atoms with Gasteiger partial charge in [-0.3, -0.25) is 4.79 Å². The SMILES string of the molecule is CCC1CCN2C(=O)N(c3cccc(F)c3)C(=O)C2C1. The molecule has 20 heavy (non-hydrogen) atoms. The maximum Gasteiger partial charge on any atom is 0.332 e. The fourth-order valence-corrected chi connectivity index (χ4v) is 3.10. The van der Waals surface area contributed by atoms with Crippen molar-refractivity contribution < 1.29 is 14.0 Å². The minimum absolute atomic E-state index is 0.223. The lowest BCUT2D eigenvalue weighted by Gasteiger charge is -2.31. The van der Waals surface area contributed by atoms with Gasteiger partial charge in [0.15, 0.2) is 0 Å². The van der Waals surface area contributed by atoms with Gasteiger partial charge in [0.25, 0.3) is 5.91 Å². The van der Waals surface area contributed by atoms with E-state index in [4.69, 9.17) is 0 Å². The molecule has 1 aromatic carbocycles. The summed E-state index contributed by atoms with van der Waals surface area (Å²) in [6.45, 7) is 2.71. The molecule has 3 amide bonds. The molecule has 0 radical (unpaired) electrons. The van der Waals surface area contributed by atoms with Crippen molar-refractivity contribution in [3.8, 4) is 0 Å². The minimum Gasteiger partial charge on any atom is -0.312 e. The van der Waals surface area contributed by atoms with E-state index >= 15 is 0 Å². The number of nitrogens with zero attached hydrogens (tertiary/aromatic N) is 2. The largest absolute Gasteiger partial charge is 0.332 e. The average molecular weight is 276 g/mol. The van der Waals surface area contributed by atoms with Crippen LogP contribution in [0.15, 0.2) is 24.3 Å². The first-order valence-electron chi connectivity index (χ1n) is 7.02. The van der Waals surface area contributed by atoms with E-state index < -0.39 is 5.82 Å². The van der Waals surface area contributed by atoms with Gasteiger partial charge < -0.3 is 4.90 Å². The van der Waals surface area contributed by atoms with Crippen LogP contribution in [0.25, 0.3) is 0 Å². The number of carbonyl (C=O) groups is 2. The third kappa shape index (κ3) is 1.97. The Hall–Kier alpha value is -1.91. The third-order valence-electron chi connectivity index (χ3n) is 4.30. The van der Waals surface area contributed by atoms with Crippen LogP contribution in [0, 0.1) is 11.7 Å². The predicted molar refractivity (Wildman–Crippen MR) is 72.8 cm³/mol. The fraction of sp³-hybridized carbons (Fsp3) is 0.467. The summed E-state index contributed by atoms with van der Waals surface area (Å²) in [4.78, 5) is 27.6. The molecule has 2 aliphatic heterocycles. The Morgan fingerprint density at radius 1 is 1.35 bits per heavy atom. The summed E-state index contributed by atoms with van der Waals surface area (Å²) in [5.74, 6) is -0.182. The monoisotopic (exact) mass is 276 g/mol. The average Bonchev–Trinajstić information content (AvgIpc) is 2.70. The number of amides is 3. The smallest absolute Gasteiger partial charge is 0.312 e. The topological polar surface area (TPSA) is 40.6 Å². The quantitative estimate of drug-likeness (QED) is 0.779. The normalized spacial score (nSPS) is 26.1. The maximum atomic E-state index is 13.3. The van der Waals surface area contributed by atoms with Gasteiger partial charge in [0.05, 0.1) is 5.69 Å². The van der Waals surface area contributed by atoms with E-state index in [9.17, 15) is 14.0 Å². The summed E-state index contributed by atoms with van der Waals surface area (Å²) in [6, 6.07) is 4.94. The fourth-order valence-electron chi connectivity index (χ4n) is 3.10. The number of rotatable bonds is 2. The molecule has 2 fully saturated rings. The van der Waals surface area contributed by atoms with Gasteiger partial charge in [0, 0.05) is 6.54 Å². The van der Waals surface area contributed by atoms with E-state index in [1.165, 1.54) is 18.2 Å². The summed E-state index contributed by atoms with van der Waals surface area (Å²) in [5, 5.41) is 0. The molecule has 0 aliphatic carbocycles. The van der Waals surface area contributed by atoms with Crippen molar-refractivity contribution in [3.63, 3.8) is 0 Å². The number of anilines is 1. The highest BCUT2D eigenvalue weighted by Crippen LogP contribution is 2.34. The van der Waals surface area contributed by atoms with Gasteiger partial charge in [0.2, 0.25) is 0 Å². The number of urea groups is 1. The summed E-state index contributed by atoms with van der Waals surface area (Å²) in [6.07, 6.45) is 2.67. The summed E-state index contributed by atoms with van der Waals surface area (Å²) < 4.78 is 13.3. The van der Waals surface area contributed by atoms with Crippen LogP contribution in [0.2, 0.25) is 0 Å². The standard InChI is InChI=1S/C15H17FN2O2/c1-2-10-6-7-17-13(8-10)14(19)18(15(17)20)12-5-3-4-11(16)9-12/h3-5,9-10,13H,2,6-8H2,1H3. The number of hydrogen-bond donors (Lipinski definition) is 0. The Labute approximate surface area is 117 Å². The lowest BCUT2D eigenvalue weighted by molar-refractivity contribution is -0.120. The highest BCUT2D eigenvalue weighted by Gasteiger charge is 2.48. The van der Waals surface area contributed by atoms with E-state index in [-0.39, 0.29) is 18.0 Å². The van der Waals surface area contributed by atoms with E-state index in [0.29, 0.717) is 24.6 Å². The molecule has 3 rings (SSSR count). The van der Waals surface area contributed by atoms with Gasteiger partial charge in [-0.2, -0.15) is 0 Å². The number of piperidine rings is 1. The van der Waals surface area contributed by atoms with Crippen LogP contribution in [0.4, 0.5) is 14.9 Å². The molecule has 2 saturated heterocycles. The Morgan fingerprint density at radius 2 is 2.15 bits per heavy atom. The van der Waals surface area contributed by atoms with Crippen molar-refractivity contribution in [1.82, 2.24) is 4.90 Å². The molecule has 0 saturated carbocycles. The highest BCUT2D eigenvalue weighted by molar-refractivity contribution is 6.21. The second kappa shape index (κ2) is 4.89. The molecule has 0 spiro atoms. The van der Waals surface area contributed by atoms with Crippen molar-refractivity contribution in [2.75, 3.05) is 11.4 Å². The minimum atomic E-state index is -0.445. The molecule has 2 aliphatic rings. The highest BCUT2D eigenvalue weighted by atomic mass is 19.1. The Balaban J connectivity index is 1.91. The lowest BCUT2D eigenvalue weighted by Crippen LogP contribution is -2.42. The Bertz CT molecular complexity index is 561. The molecule has 2 atom stereocenters. The van der Waals surface area contributed by atoms with Crippen molar-refractivity contribution in [1.29, 1.82) is 0 Å². The van der Waals surface area contributed by atoms with Crippen LogP contribution in [0.5, 0.6) is 0 Å². The molecular weight excluding hydrogens is 259 g/mol. The molecule has 0 N–H and O–H groups in total. The van der Waals surface area contributed by atoms with Gasteiger partial charge in [-0.25, -0.2) is 14.1 Å². The van der Waals surface area contributed by atoms with E-state index in [1.54, 1.807) is 11.0 Å². The number of benzene rings is 1. The number of halogens is 1. The van der Waals surface area contributed by atoms with Crippen LogP contribution in [-0.2, 0) is 4.79 Å². The lowest BCUT2D eigenvalue weighted by atomic mass is 9.89. The molecule has 0 aromatic heterocycles. The van der Waals surface area contributed by atoms with Crippen molar-refractivity contribution in [2.24, 2.45) is 5.92 Å². The van der Waals surface area contributed by atoms with Gasteiger partial charge in [-0.15, -0.1) is 0 Å². The molecule has 2 unspecified atom stereocenters. The zero-order valence-corrected chi connectivity index (χ0v) is 11.4. The first-order valence-corrected chi connectivity index (χ1v) is 7.02. The van der Waals surface area contributed by atoms with E-state index in [1.807, 2.05) is 0 Å². The Morgan fingerprint density at radius 3 is 2.85 bits per heavy atom. The van der Waals surface area contributed by atoms with Gasteiger partial charge >= 0.3 is 6.03 Å². The zero-order valence-electron chi connectivity index (χ0n) is 11.4. The second-order valence-electron chi connectivity index (χ2n) is 5.44. The first-order chi connectivity index (χ1) is 9.61. The number of carbonyl (C=O) groups excluding carboxylic acids is 2. The van der Waals surface area contributed by atoms with Crippen LogP contribution >= 0.6 is 0 Å². The molecule has 4 nitrogen and oxygen atoms in total. The molecule has 0 bridgehead atoms. The number of imide groups is 1. The maximum absolute atomic E-state index is 13.3. The summed E-state index contributed by atoms with van der Waals surface area (Å²) >= 11 is 0.